The third kappa shape index (κ3) is 3.01. The van der Waals surface area contributed by atoms with Gasteiger partial charge in [-0.2, -0.15) is 0 Å². The molecular weight excluding hydrogens is 418 g/mol. The van der Waals surface area contributed by atoms with E-state index in [0.717, 1.165) is 55.2 Å². The molecule has 2 atom stereocenters. The summed E-state index contributed by atoms with van der Waals surface area (Å²) in [6.07, 6.45) is 10.9. The molecule has 32 heavy (non-hydrogen) atoms. The van der Waals surface area contributed by atoms with Crippen LogP contribution in [0.15, 0.2) is 24.3 Å². The molecule has 0 aromatic heterocycles. The van der Waals surface area contributed by atoms with Crippen LogP contribution in [0.2, 0.25) is 0 Å². The van der Waals surface area contributed by atoms with Gasteiger partial charge < -0.3 is 15.0 Å². The molecule has 0 spiro atoms. The maximum atomic E-state index is 12.8. The average molecular weight is 452 g/mol. The van der Waals surface area contributed by atoms with E-state index in [0.29, 0.717) is 0 Å². The summed E-state index contributed by atoms with van der Waals surface area (Å²) in [5.41, 5.74) is 2.88. The number of benzene rings is 1. The number of piperidine rings is 1. The van der Waals surface area contributed by atoms with E-state index in [4.69, 9.17) is 17.0 Å². The van der Waals surface area contributed by atoms with Crippen LogP contribution in [0.5, 0.6) is 0 Å². The van der Waals surface area contributed by atoms with Gasteiger partial charge in [-0.05, 0) is 92.5 Å². The van der Waals surface area contributed by atoms with Crippen molar-refractivity contribution >= 4 is 23.4 Å². The molecule has 2 saturated heterocycles. The first-order valence-electron chi connectivity index (χ1n) is 12.7. The number of nitrogens with zero attached hydrogens (tertiary/aromatic N) is 2. The molecule has 7 aliphatic rings. The van der Waals surface area contributed by atoms with Crippen LogP contribution in [0.25, 0.3) is 0 Å². The Balaban J connectivity index is 1.01. The summed E-state index contributed by atoms with van der Waals surface area (Å²) < 4.78 is 5.80. The zero-order valence-electron chi connectivity index (χ0n) is 18.7. The van der Waals surface area contributed by atoms with Crippen LogP contribution < -0.4 is 5.32 Å². The van der Waals surface area contributed by atoms with Gasteiger partial charge in [-0.15, -0.1) is 0 Å². The molecule has 0 radical (unpaired) electrons. The molecule has 5 aliphatic carbocycles. The Morgan fingerprint density at radius 1 is 1.03 bits per heavy atom. The highest BCUT2D eigenvalue weighted by Gasteiger charge is 2.52. The number of carbonyl (C=O) groups excluding carboxylic acids is 1. The Hall–Kier alpha value is -1.82. The van der Waals surface area contributed by atoms with Crippen LogP contribution in [0.1, 0.15) is 68.5 Å². The fraction of sp³-hybridized carbons (Fsp3) is 0.692. The molecule has 2 heterocycles. The summed E-state index contributed by atoms with van der Waals surface area (Å²) in [6.45, 7) is 1.84. The fourth-order valence-corrected chi connectivity index (χ4v) is 8.97. The third-order valence-corrected chi connectivity index (χ3v) is 9.83. The quantitative estimate of drug-likeness (QED) is 0.675. The zero-order valence-corrected chi connectivity index (χ0v) is 19.5. The molecule has 2 unspecified atom stereocenters. The lowest BCUT2D eigenvalue weighted by Crippen LogP contribution is -2.62. The molecule has 170 valence electrons. The van der Waals surface area contributed by atoms with Crippen LogP contribution in [0, 0.1) is 17.8 Å². The van der Waals surface area contributed by atoms with Crippen LogP contribution in [0.3, 0.4) is 0 Å². The number of carbonyl (C=O) groups is 1. The van der Waals surface area contributed by atoms with Crippen molar-refractivity contribution in [2.24, 2.45) is 17.8 Å². The number of fused-ring (bicyclic) bond motifs is 3. The van der Waals surface area contributed by atoms with Crippen molar-refractivity contribution in [3.63, 3.8) is 0 Å². The second-order valence-corrected chi connectivity index (χ2v) is 11.9. The van der Waals surface area contributed by atoms with E-state index < -0.39 is 0 Å². The molecule has 6 heteroatoms. The monoisotopic (exact) mass is 451 g/mol. The molecule has 4 saturated carbocycles. The minimum atomic E-state index is -0.123. The van der Waals surface area contributed by atoms with E-state index >= 15 is 0 Å². The highest BCUT2D eigenvalue weighted by Crippen LogP contribution is 2.55. The first-order chi connectivity index (χ1) is 15.6. The van der Waals surface area contributed by atoms with Crippen LogP contribution in [0.4, 0.5) is 4.79 Å². The summed E-state index contributed by atoms with van der Waals surface area (Å²) >= 11 is 5.94. The fourth-order valence-electron chi connectivity index (χ4n) is 8.57. The number of ether oxygens (including phenoxy) is 1. The molecule has 1 aromatic rings. The van der Waals surface area contributed by atoms with Gasteiger partial charge in [-0.3, -0.25) is 4.90 Å². The van der Waals surface area contributed by atoms with Crippen molar-refractivity contribution in [3.8, 4) is 0 Å². The van der Waals surface area contributed by atoms with Gasteiger partial charge in [0.25, 0.3) is 0 Å². The Morgan fingerprint density at radius 2 is 1.69 bits per heavy atom. The standard InChI is InChI=1S/C26H33N3O2S/c30-25-29(23-21-4-2-1-3-19(21)12-22(23)31-25)20-5-7-28(8-6-20)24(32)27-26-13-16-9-17(14-26)11-18(10-16)15-26/h1-4,16-18,20,22-23H,5-15H2,(H,27,32). The van der Waals surface area contributed by atoms with Crippen LogP contribution >= 0.6 is 12.2 Å². The molecule has 5 nitrogen and oxygen atoms in total. The van der Waals surface area contributed by atoms with Crippen molar-refractivity contribution in [3.05, 3.63) is 35.4 Å². The van der Waals surface area contributed by atoms with E-state index in [1.807, 2.05) is 0 Å². The Morgan fingerprint density at radius 3 is 2.38 bits per heavy atom. The predicted molar refractivity (Wildman–Crippen MR) is 126 cm³/mol. The summed E-state index contributed by atoms with van der Waals surface area (Å²) in [5, 5.41) is 4.85. The lowest BCUT2D eigenvalue weighted by atomic mass is 9.53. The normalized spacial score (nSPS) is 39.8. The number of likely N-dealkylation sites (tertiary alicyclic amines) is 1. The van der Waals surface area contributed by atoms with Crippen LogP contribution in [-0.4, -0.2) is 51.8 Å². The number of hydrogen-bond acceptors (Lipinski definition) is 3. The largest absolute Gasteiger partial charge is 0.443 e. The number of amides is 1. The Kier molecular flexibility index (Phi) is 4.35. The summed E-state index contributed by atoms with van der Waals surface area (Å²) in [6, 6.07) is 8.85. The predicted octanol–water partition coefficient (Wildman–Crippen LogP) is 4.41. The lowest BCUT2D eigenvalue weighted by Gasteiger charge is -2.57. The molecule has 4 bridgehead atoms. The van der Waals surface area contributed by atoms with Gasteiger partial charge in [-0.25, -0.2) is 4.79 Å². The van der Waals surface area contributed by atoms with Gasteiger partial charge in [-0.1, -0.05) is 24.3 Å². The van der Waals surface area contributed by atoms with Gasteiger partial charge in [0.05, 0.1) is 6.04 Å². The molecule has 2 aliphatic heterocycles. The molecule has 1 amide bonds. The summed E-state index contributed by atoms with van der Waals surface area (Å²) in [7, 11) is 0. The molecule has 1 N–H and O–H groups in total. The van der Waals surface area contributed by atoms with Gasteiger partial charge in [0.15, 0.2) is 5.11 Å². The minimum absolute atomic E-state index is 0.0169. The van der Waals surface area contributed by atoms with Crippen molar-refractivity contribution < 1.29 is 9.53 Å². The number of nitrogens with one attached hydrogen (secondary N) is 1. The molecule has 8 rings (SSSR count). The van der Waals surface area contributed by atoms with Crippen molar-refractivity contribution in [1.29, 1.82) is 0 Å². The van der Waals surface area contributed by atoms with Crippen molar-refractivity contribution in [2.45, 2.75) is 81.5 Å². The topological polar surface area (TPSA) is 44.8 Å². The van der Waals surface area contributed by atoms with E-state index in [9.17, 15) is 4.79 Å². The number of rotatable bonds is 2. The second-order valence-electron chi connectivity index (χ2n) is 11.5. The van der Waals surface area contributed by atoms with E-state index in [2.05, 4.69) is 39.4 Å². The van der Waals surface area contributed by atoms with Crippen molar-refractivity contribution in [1.82, 2.24) is 15.1 Å². The minimum Gasteiger partial charge on any atom is -0.443 e. The molecular formula is C26H33N3O2S. The summed E-state index contributed by atoms with van der Waals surface area (Å²) in [5.74, 6) is 2.77. The van der Waals surface area contributed by atoms with Gasteiger partial charge in [0.2, 0.25) is 0 Å². The highest BCUT2D eigenvalue weighted by molar-refractivity contribution is 7.80. The lowest BCUT2D eigenvalue weighted by molar-refractivity contribution is -0.0115. The van der Waals surface area contributed by atoms with Gasteiger partial charge >= 0.3 is 6.09 Å². The molecule has 1 aromatic carbocycles. The van der Waals surface area contributed by atoms with Crippen LogP contribution in [-0.2, 0) is 11.2 Å². The molecule has 6 fully saturated rings. The average Bonchev–Trinajstić information content (AvgIpc) is 3.26. The smallest absolute Gasteiger partial charge is 0.411 e. The van der Waals surface area contributed by atoms with Gasteiger partial charge in [0, 0.05) is 31.1 Å². The van der Waals surface area contributed by atoms with E-state index in [-0.39, 0.29) is 29.8 Å². The van der Waals surface area contributed by atoms with Gasteiger partial charge in [0.1, 0.15) is 6.10 Å². The van der Waals surface area contributed by atoms with E-state index in [1.165, 1.54) is 49.7 Å². The SMILES string of the molecule is O=C1OC2Cc3ccccc3C2N1C1CCN(C(=S)NC23CC4CC(CC(C4)C2)C3)CC1. The Bertz CT molecular complexity index is 921. The Labute approximate surface area is 195 Å². The van der Waals surface area contributed by atoms with E-state index in [1.54, 1.807) is 0 Å². The third-order valence-electron chi connectivity index (χ3n) is 9.47. The highest BCUT2D eigenvalue weighted by atomic mass is 32.1. The number of thiocarbonyl (C=S) groups is 1. The van der Waals surface area contributed by atoms with Crippen molar-refractivity contribution in [2.75, 3.05) is 13.1 Å². The zero-order chi connectivity index (χ0) is 21.4. The number of hydrogen-bond donors (Lipinski definition) is 1. The maximum Gasteiger partial charge on any atom is 0.411 e. The first kappa shape index (κ1) is 19.6. The summed E-state index contributed by atoms with van der Waals surface area (Å²) in [4.78, 5) is 17.2. The second kappa shape index (κ2) is 7.09. The first-order valence-corrected chi connectivity index (χ1v) is 13.1. The maximum absolute atomic E-state index is 12.8.